The van der Waals surface area contributed by atoms with Crippen LogP contribution >= 0.6 is 23.2 Å². The van der Waals surface area contributed by atoms with E-state index >= 15 is 0 Å². The largest absolute Gasteiger partial charge is 0.302 e. The van der Waals surface area contributed by atoms with E-state index in [0.717, 1.165) is 5.56 Å². The second-order valence-corrected chi connectivity index (χ2v) is 6.08. The van der Waals surface area contributed by atoms with Gasteiger partial charge in [0.25, 0.3) is 5.91 Å². The van der Waals surface area contributed by atoms with E-state index in [0.29, 0.717) is 13.1 Å². The first-order valence-electron chi connectivity index (χ1n) is 7.48. The number of hydrogen-bond acceptors (Lipinski definition) is 3. The van der Waals surface area contributed by atoms with E-state index in [-0.39, 0.29) is 27.4 Å². The molecule has 0 unspecified atom stereocenters. The van der Waals surface area contributed by atoms with E-state index in [4.69, 9.17) is 23.2 Å². The van der Waals surface area contributed by atoms with Crippen molar-refractivity contribution < 1.29 is 9.18 Å². The molecular weight excluding hydrogens is 368 g/mol. The van der Waals surface area contributed by atoms with E-state index in [1.54, 1.807) is 18.3 Å². The smallest absolute Gasteiger partial charge is 0.276 e. The summed E-state index contributed by atoms with van der Waals surface area (Å²) in [5.41, 5.74) is 0.962. The highest BCUT2D eigenvalue weighted by Crippen LogP contribution is 2.22. The van der Waals surface area contributed by atoms with Crippen molar-refractivity contribution in [3.63, 3.8) is 0 Å². The summed E-state index contributed by atoms with van der Waals surface area (Å²) in [5.74, 6) is -0.586. The predicted molar refractivity (Wildman–Crippen MR) is 93.6 cm³/mol. The molecule has 0 radical (unpaired) electrons. The Labute approximate surface area is 153 Å². The predicted octanol–water partition coefficient (Wildman–Crippen LogP) is 3.85. The monoisotopic (exact) mass is 381 g/mol. The summed E-state index contributed by atoms with van der Waals surface area (Å²) in [6.45, 7) is 2.67. The molecule has 0 saturated heterocycles. The number of nitrogens with one attached hydrogen (secondary N) is 1. The highest BCUT2D eigenvalue weighted by atomic mass is 35.5. The first kappa shape index (κ1) is 17.4. The van der Waals surface area contributed by atoms with E-state index in [9.17, 15) is 9.18 Å². The maximum Gasteiger partial charge on any atom is 0.276 e. The molecule has 25 heavy (non-hydrogen) atoms. The second kappa shape index (κ2) is 7.25. The minimum atomic E-state index is -0.456. The number of rotatable bonds is 5. The molecule has 1 aromatic carbocycles. The molecule has 0 saturated carbocycles. The average Bonchev–Trinajstić information content (AvgIpc) is 3.10. The van der Waals surface area contributed by atoms with Crippen molar-refractivity contribution in [2.75, 3.05) is 5.32 Å². The Hall–Kier alpha value is -2.38. The van der Waals surface area contributed by atoms with E-state index < -0.39 is 5.91 Å². The number of halogens is 3. The van der Waals surface area contributed by atoms with Crippen molar-refractivity contribution in [2.45, 2.75) is 20.0 Å². The molecule has 0 aliphatic carbocycles. The maximum absolute atomic E-state index is 13.3. The molecule has 6 nitrogen and oxygen atoms in total. The number of carbonyl (C=O) groups excluding carboxylic acids is 1. The number of aryl methyl sites for hydroxylation is 1. The lowest BCUT2D eigenvalue weighted by atomic mass is 10.2. The third-order valence-corrected chi connectivity index (χ3v) is 4.05. The molecule has 2 heterocycles. The van der Waals surface area contributed by atoms with Crippen LogP contribution in [0.1, 0.15) is 23.0 Å². The number of benzene rings is 1. The molecule has 2 aromatic heterocycles. The molecule has 0 bridgehead atoms. The summed E-state index contributed by atoms with van der Waals surface area (Å²) in [6, 6.07) is 6.17. The molecule has 0 fully saturated rings. The van der Waals surface area contributed by atoms with Crippen molar-refractivity contribution in [1.82, 2.24) is 19.6 Å². The number of anilines is 1. The molecule has 0 aliphatic heterocycles. The minimum Gasteiger partial charge on any atom is -0.302 e. The summed E-state index contributed by atoms with van der Waals surface area (Å²) in [6.07, 6.45) is 2.96. The second-order valence-electron chi connectivity index (χ2n) is 5.26. The zero-order valence-corrected chi connectivity index (χ0v) is 14.7. The maximum atomic E-state index is 13.3. The Balaban J connectivity index is 1.78. The normalized spacial score (nSPS) is 10.9. The molecular formula is C16H14Cl2FN5O. The van der Waals surface area contributed by atoms with Crippen LogP contribution in [0.5, 0.6) is 0 Å². The summed E-state index contributed by atoms with van der Waals surface area (Å²) < 4.78 is 16.3. The van der Waals surface area contributed by atoms with Gasteiger partial charge in [0, 0.05) is 12.7 Å². The number of nitrogens with zero attached hydrogens (tertiary/aromatic N) is 4. The van der Waals surface area contributed by atoms with Gasteiger partial charge in [0.15, 0.2) is 5.82 Å². The fraction of sp³-hybridized carbons (Fsp3) is 0.188. The van der Waals surface area contributed by atoms with E-state index in [2.05, 4.69) is 15.5 Å². The minimum absolute atomic E-state index is 0.197. The standard InChI is InChI=1S/C16H14Cl2FN5O/c1-2-24-14(12(17)7-20-24)16(25)21-15-13(18)9-23(22-15)8-10-4-3-5-11(19)6-10/h3-7,9H,2,8H2,1H3,(H,21,22,25). The van der Waals surface area contributed by atoms with Gasteiger partial charge in [-0.05, 0) is 24.6 Å². The Morgan fingerprint density at radius 2 is 2.12 bits per heavy atom. The first-order chi connectivity index (χ1) is 12.0. The number of carbonyl (C=O) groups is 1. The molecule has 0 spiro atoms. The number of hydrogen-bond donors (Lipinski definition) is 1. The van der Waals surface area contributed by atoms with Gasteiger partial charge in [-0.3, -0.25) is 14.2 Å². The molecule has 130 valence electrons. The quantitative estimate of drug-likeness (QED) is 0.729. The van der Waals surface area contributed by atoms with E-state index in [1.807, 2.05) is 6.92 Å². The lowest BCUT2D eigenvalue weighted by molar-refractivity contribution is 0.101. The van der Waals surface area contributed by atoms with Crippen molar-refractivity contribution >= 4 is 34.9 Å². The molecule has 3 aromatic rings. The number of aromatic nitrogens is 4. The van der Waals surface area contributed by atoms with Gasteiger partial charge in [0.05, 0.1) is 17.8 Å². The zero-order chi connectivity index (χ0) is 18.0. The Morgan fingerprint density at radius 3 is 2.84 bits per heavy atom. The van der Waals surface area contributed by atoms with Gasteiger partial charge in [-0.25, -0.2) is 4.39 Å². The lowest BCUT2D eigenvalue weighted by Gasteiger charge is -2.06. The molecule has 1 N–H and O–H groups in total. The van der Waals surface area contributed by atoms with Crippen molar-refractivity contribution in [1.29, 1.82) is 0 Å². The highest BCUT2D eigenvalue weighted by molar-refractivity contribution is 6.35. The van der Waals surface area contributed by atoms with Crippen LogP contribution in [0.4, 0.5) is 10.2 Å². The molecule has 0 aliphatic rings. The van der Waals surface area contributed by atoms with E-state index in [1.165, 1.54) is 27.7 Å². The Morgan fingerprint density at radius 1 is 1.32 bits per heavy atom. The topological polar surface area (TPSA) is 64.7 Å². The zero-order valence-electron chi connectivity index (χ0n) is 13.2. The van der Waals surface area contributed by atoms with Crippen LogP contribution in [0.3, 0.4) is 0 Å². The Kier molecular flexibility index (Phi) is 5.06. The van der Waals surface area contributed by atoms with Crippen molar-refractivity contribution in [3.05, 3.63) is 63.8 Å². The van der Waals surface area contributed by atoms with Crippen LogP contribution in [-0.2, 0) is 13.1 Å². The van der Waals surface area contributed by atoms with Gasteiger partial charge >= 0.3 is 0 Å². The van der Waals surface area contributed by atoms with Crippen LogP contribution in [0.15, 0.2) is 36.7 Å². The molecule has 9 heteroatoms. The van der Waals surface area contributed by atoms with Gasteiger partial charge < -0.3 is 5.32 Å². The van der Waals surface area contributed by atoms with Crippen LogP contribution in [0, 0.1) is 5.82 Å². The van der Waals surface area contributed by atoms with Gasteiger partial charge in [0.2, 0.25) is 0 Å². The van der Waals surface area contributed by atoms with Crippen molar-refractivity contribution in [3.8, 4) is 0 Å². The lowest BCUT2D eigenvalue weighted by Crippen LogP contribution is -2.18. The van der Waals surface area contributed by atoms with Crippen LogP contribution in [-0.4, -0.2) is 25.5 Å². The molecule has 1 amide bonds. The van der Waals surface area contributed by atoms with Crippen LogP contribution in [0.25, 0.3) is 0 Å². The van der Waals surface area contributed by atoms with Crippen molar-refractivity contribution in [2.24, 2.45) is 0 Å². The summed E-state index contributed by atoms with van der Waals surface area (Å²) >= 11 is 12.1. The highest BCUT2D eigenvalue weighted by Gasteiger charge is 2.19. The average molecular weight is 382 g/mol. The van der Waals surface area contributed by atoms with Gasteiger partial charge in [-0.2, -0.15) is 10.2 Å². The van der Waals surface area contributed by atoms with Crippen LogP contribution in [0.2, 0.25) is 10.0 Å². The SMILES string of the molecule is CCn1ncc(Cl)c1C(=O)Nc1nn(Cc2cccc(F)c2)cc1Cl. The summed E-state index contributed by atoms with van der Waals surface area (Å²) in [4.78, 5) is 12.4. The Bertz CT molecular complexity index is 921. The summed E-state index contributed by atoms with van der Waals surface area (Å²) in [5, 5.41) is 11.4. The first-order valence-corrected chi connectivity index (χ1v) is 8.23. The van der Waals surface area contributed by atoms with Gasteiger partial charge in [0.1, 0.15) is 16.5 Å². The fourth-order valence-electron chi connectivity index (χ4n) is 2.38. The fourth-order valence-corrected chi connectivity index (χ4v) is 2.80. The molecule has 0 atom stereocenters. The third kappa shape index (κ3) is 3.83. The molecule has 3 rings (SSSR count). The van der Waals surface area contributed by atoms with Gasteiger partial charge in [-0.1, -0.05) is 35.3 Å². The van der Waals surface area contributed by atoms with Crippen LogP contribution < -0.4 is 5.32 Å². The summed E-state index contributed by atoms with van der Waals surface area (Å²) in [7, 11) is 0. The number of amides is 1. The van der Waals surface area contributed by atoms with Gasteiger partial charge in [-0.15, -0.1) is 0 Å². The third-order valence-electron chi connectivity index (χ3n) is 3.49.